The highest BCUT2D eigenvalue weighted by atomic mass is 79.9. The molecule has 24 heavy (non-hydrogen) atoms. The van der Waals surface area contributed by atoms with Crippen LogP contribution in [0.15, 0.2) is 77.4 Å². The van der Waals surface area contributed by atoms with Gasteiger partial charge in [-0.15, -0.1) is 0 Å². The highest BCUT2D eigenvalue weighted by Crippen LogP contribution is 2.22. The van der Waals surface area contributed by atoms with Crippen molar-refractivity contribution in [1.29, 1.82) is 0 Å². The Morgan fingerprint density at radius 2 is 1.83 bits per heavy atom. The third kappa shape index (κ3) is 3.81. The minimum Gasteiger partial charge on any atom is -0.329 e. The van der Waals surface area contributed by atoms with Gasteiger partial charge in [0.25, 0.3) is 5.91 Å². The zero-order valence-electron chi connectivity index (χ0n) is 13.1. The summed E-state index contributed by atoms with van der Waals surface area (Å²) in [6.45, 7) is 0. The van der Waals surface area contributed by atoms with Gasteiger partial charge in [0.05, 0.1) is 0 Å². The topological polar surface area (TPSA) is 45.2 Å². The highest BCUT2D eigenvalue weighted by Gasteiger charge is 2.11. The van der Waals surface area contributed by atoms with Gasteiger partial charge in [-0.1, -0.05) is 40.2 Å². The Labute approximate surface area is 149 Å². The standard InChI is InChI=1S/C19H16BrN3O/c1-23(17-8-3-2-4-9-17)18-12-14(10-11-21-18)19(24)22-16-7-5-6-15(20)13-16/h2-13H,1H3,(H,22,24). The van der Waals surface area contributed by atoms with E-state index in [4.69, 9.17) is 0 Å². The smallest absolute Gasteiger partial charge is 0.255 e. The van der Waals surface area contributed by atoms with Crippen LogP contribution in [0.5, 0.6) is 0 Å². The van der Waals surface area contributed by atoms with Gasteiger partial charge in [0.15, 0.2) is 0 Å². The zero-order chi connectivity index (χ0) is 16.9. The van der Waals surface area contributed by atoms with Crippen molar-refractivity contribution in [2.45, 2.75) is 0 Å². The highest BCUT2D eigenvalue weighted by molar-refractivity contribution is 9.10. The summed E-state index contributed by atoms with van der Waals surface area (Å²) in [5, 5.41) is 2.89. The minimum atomic E-state index is -0.168. The summed E-state index contributed by atoms with van der Waals surface area (Å²) in [4.78, 5) is 18.8. The third-order valence-electron chi connectivity index (χ3n) is 3.58. The van der Waals surface area contributed by atoms with Crippen molar-refractivity contribution in [3.8, 4) is 0 Å². The molecule has 1 aromatic heterocycles. The van der Waals surface area contributed by atoms with Crippen molar-refractivity contribution in [3.63, 3.8) is 0 Å². The van der Waals surface area contributed by atoms with Gasteiger partial charge in [0.1, 0.15) is 5.82 Å². The molecule has 3 rings (SSSR count). The predicted octanol–water partition coefficient (Wildman–Crippen LogP) is 4.86. The Balaban J connectivity index is 1.81. The molecule has 0 unspecified atom stereocenters. The van der Waals surface area contributed by atoms with Gasteiger partial charge in [-0.05, 0) is 42.5 Å². The lowest BCUT2D eigenvalue weighted by molar-refractivity contribution is 0.102. The number of nitrogens with one attached hydrogen (secondary N) is 1. The van der Waals surface area contributed by atoms with E-state index in [1.807, 2.05) is 66.5 Å². The van der Waals surface area contributed by atoms with Crippen molar-refractivity contribution in [2.75, 3.05) is 17.3 Å². The van der Waals surface area contributed by atoms with Crippen LogP contribution in [0.25, 0.3) is 0 Å². The van der Waals surface area contributed by atoms with E-state index in [1.165, 1.54) is 0 Å². The van der Waals surface area contributed by atoms with Crippen LogP contribution in [0.4, 0.5) is 17.2 Å². The number of rotatable bonds is 4. The van der Waals surface area contributed by atoms with Crippen LogP contribution < -0.4 is 10.2 Å². The molecule has 0 fully saturated rings. The molecule has 0 aliphatic heterocycles. The number of amides is 1. The minimum absolute atomic E-state index is 0.168. The summed E-state index contributed by atoms with van der Waals surface area (Å²) in [6.07, 6.45) is 1.64. The third-order valence-corrected chi connectivity index (χ3v) is 4.07. The molecule has 1 heterocycles. The van der Waals surface area contributed by atoms with Crippen molar-refractivity contribution in [1.82, 2.24) is 4.98 Å². The number of nitrogens with zero attached hydrogens (tertiary/aromatic N) is 2. The Kier molecular flexibility index (Phi) is 4.91. The van der Waals surface area contributed by atoms with E-state index in [-0.39, 0.29) is 5.91 Å². The summed E-state index contributed by atoms with van der Waals surface area (Å²) in [5.41, 5.74) is 2.31. The largest absolute Gasteiger partial charge is 0.329 e. The van der Waals surface area contributed by atoms with Crippen molar-refractivity contribution in [2.24, 2.45) is 0 Å². The molecule has 4 nitrogen and oxygen atoms in total. The molecule has 0 aliphatic rings. The van der Waals surface area contributed by atoms with Crippen LogP contribution in [0.1, 0.15) is 10.4 Å². The lowest BCUT2D eigenvalue weighted by Gasteiger charge is -2.18. The van der Waals surface area contributed by atoms with Crippen molar-refractivity contribution < 1.29 is 4.79 Å². The monoisotopic (exact) mass is 381 g/mol. The SMILES string of the molecule is CN(c1ccccc1)c1cc(C(=O)Nc2cccc(Br)c2)ccn1. The summed E-state index contributed by atoms with van der Waals surface area (Å²) < 4.78 is 0.916. The van der Waals surface area contributed by atoms with Gasteiger partial charge in [0.2, 0.25) is 0 Å². The van der Waals surface area contributed by atoms with Crippen LogP contribution in [-0.4, -0.2) is 17.9 Å². The zero-order valence-corrected chi connectivity index (χ0v) is 14.7. The van der Waals surface area contributed by atoms with E-state index in [9.17, 15) is 4.79 Å². The number of carbonyl (C=O) groups is 1. The van der Waals surface area contributed by atoms with E-state index >= 15 is 0 Å². The number of aromatic nitrogens is 1. The summed E-state index contributed by atoms with van der Waals surface area (Å²) >= 11 is 3.40. The number of hydrogen-bond acceptors (Lipinski definition) is 3. The van der Waals surface area contributed by atoms with E-state index in [0.717, 1.165) is 15.8 Å². The number of carbonyl (C=O) groups excluding carboxylic acids is 1. The first-order valence-electron chi connectivity index (χ1n) is 7.45. The fourth-order valence-corrected chi connectivity index (χ4v) is 2.70. The van der Waals surface area contributed by atoms with E-state index in [0.29, 0.717) is 11.4 Å². The molecule has 1 N–H and O–H groups in total. The van der Waals surface area contributed by atoms with Gasteiger partial charge in [0, 0.05) is 34.7 Å². The number of benzene rings is 2. The van der Waals surface area contributed by atoms with Gasteiger partial charge in [-0.3, -0.25) is 4.79 Å². The molecule has 2 aromatic carbocycles. The summed E-state index contributed by atoms with van der Waals surface area (Å²) in [5.74, 6) is 0.543. The first-order chi connectivity index (χ1) is 11.6. The molecular weight excluding hydrogens is 366 g/mol. The molecular formula is C19H16BrN3O. The van der Waals surface area contributed by atoms with E-state index in [2.05, 4.69) is 26.2 Å². The second kappa shape index (κ2) is 7.27. The van der Waals surface area contributed by atoms with Gasteiger partial charge < -0.3 is 10.2 Å². The average Bonchev–Trinajstić information content (AvgIpc) is 2.62. The number of para-hydroxylation sites is 1. The quantitative estimate of drug-likeness (QED) is 0.701. The van der Waals surface area contributed by atoms with Gasteiger partial charge in [-0.2, -0.15) is 0 Å². The lowest BCUT2D eigenvalue weighted by Crippen LogP contribution is -2.15. The maximum Gasteiger partial charge on any atom is 0.255 e. The Morgan fingerprint density at radius 3 is 2.58 bits per heavy atom. The second-order valence-corrected chi connectivity index (χ2v) is 6.18. The molecule has 1 amide bonds. The van der Waals surface area contributed by atoms with E-state index < -0.39 is 0 Å². The van der Waals surface area contributed by atoms with Gasteiger partial charge in [-0.25, -0.2) is 4.98 Å². The second-order valence-electron chi connectivity index (χ2n) is 5.26. The Morgan fingerprint density at radius 1 is 1.04 bits per heavy atom. The summed E-state index contributed by atoms with van der Waals surface area (Å²) in [7, 11) is 1.92. The van der Waals surface area contributed by atoms with Crippen LogP contribution in [-0.2, 0) is 0 Å². The van der Waals surface area contributed by atoms with Gasteiger partial charge >= 0.3 is 0 Å². The predicted molar refractivity (Wildman–Crippen MR) is 101 cm³/mol. The number of pyridine rings is 1. The van der Waals surface area contributed by atoms with E-state index in [1.54, 1.807) is 18.3 Å². The van der Waals surface area contributed by atoms with Crippen LogP contribution >= 0.6 is 15.9 Å². The van der Waals surface area contributed by atoms with Crippen LogP contribution in [0.2, 0.25) is 0 Å². The molecule has 120 valence electrons. The van der Waals surface area contributed by atoms with Crippen molar-refractivity contribution >= 4 is 39.0 Å². The molecule has 0 aliphatic carbocycles. The maximum atomic E-state index is 12.5. The number of hydrogen-bond donors (Lipinski definition) is 1. The lowest BCUT2D eigenvalue weighted by atomic mass is 10.2. The maximum absolute atomic E-state index is 12.5. The Bertz CT molecular complexity index is 852. The fourth-order valence-electron chi connectivity index (χ4n) is 2.30. The molecule has 0 saturated carbocycles. The molecule has 5 heteroatoms. The number of halogens is 1. The molecule has 0 saturated heterocycles. The summed E-state index contributed by atoms with van der Waals surface area (Å²) in [6, 6.07) is 20.9. The fraction of sp³-hybridized carbons (Fsp3) is 0.0526. The van der Waals surface area contributed by atoms with Crippen molar-refractivity contribution in [3.05, 3.63) is 83.0 Å². The molecule has 0 atom stereocenters. The van der Waals surface area contributed by atoms with Crippen LogP contribution in [0.3, 0.4) is 0 Å². The first kappa shape index (κ1) is 16.2. The average molecular weight is 382 g/mol. The normalized spacial score (nSPS) is 10.2. The Hall–Kier alpha value is -2.66. The molecule has 0 radical (unpaired) electrons. The van der Waals surface area contributed by atoms with Crippen LogP contribution in [0, 0.1) is 0 Å². The molecule has 0 spiro atoms. The molecule has 0 bridgehead atoms. The first-order valence-corrected chi connectivity index (χ1v) is 8.24. The number of anilines is 3. The molecule has 3 aromatic rings.